The summed E-state index contributed by atoms with van der Waals surface area (Å²) in [5.74, 6) is 0. The van der Waals surface area contributed by atoms with E-state index in [0.29, 0.717) is 0 Å². The van der Waals surface area contributed by atoms with Gasteiger partial charge in [-0.15, -0.1) is 11.6 Å². The molecule has 1 aromatic carbocycles. The molecule has 0 N–H and O–H groups in total. The van der Waals surface area contributed by atoms with Crippen LogP contribution < -0.4 is 17.0 Å². The molecule has 1 rings (SSSR count). The van der Waals surface area contributed by atoms with Crippen LogP contribution in [-0.2, 0) is 6.42 Å². The molecule has 0 aliphatic carbocycles. The fourth-order valence-electron chi connectivity index (χ4n) is 1.17. The summed E-state index contributed by atoms with van der Waals surface area (Å²) >= 11 is 0. The Hall–Kier alpha value is 0.336. The second kappa shape index (κ2) is 8.91. The van der Waals surface area contributed by atoms with Crippen molar-refractivity contribution in [1.29, 1.82) is 0 Å². The van der Waals surface area contributed by atoms with Gasteiger partial charge in [-0.05, 0) is 6.42 Å². The van der Waals surface area contributed by atoms with Crippen LogP contribution in [0.15, 0.2) is 24.3 Å². The molecule has 0 saturated heterocycles. The van der Waals surface area contributed by atoms with Crippen molar-refractivity contribution in [3.63, 3.8) is 0 Å². The van der Waals surface area contributed by atoms with Gasteiger partial charge < -0.3 is 17.0 Å². The fraction of sp³-hybridized carbons (Fsp3) is 0.364. The predicted molar refractivity (Wildman–Crippen MR) is 55.3 cm³/mol. The molecule has 0 aliphatic heterocycles. The zero-order valence-corrected chi connectivity index (χ0v) is 11.2. The van der Waals surface area contributed by atoms with Crippen LogP contribution in [0.1, 0.15) is 30.9 Å². The standard InChI is InChI=1S/C11H15.BrH.Mg/c1-3-4-7-11-8-5-6-10(2)9-11;;/h5-6,8-9H,2-4,7H2,1H3;1H;/q-1;;+2/p-1. The van der Waals surface area contributed by atoms with E-state index in [1.165, 1.54) is 24.8 Å². The van der Waals surface area contributed by atoms with Crippen LogP contribution in [0, 0.1) is 6.92 Å². The van der Waals surface area contributed by atoms with E-state index in [4.69, 9.17) is 0 Å². The zero-order chi connectivity index (χ0) is 8.10. The van der Waals surface area contributed by atoms with Gasteiger partial charge >= 0.3 is 23.1 Å². The maximum Gasteiger partial charge on any atom is 2.00 e. The molecule has 1 aromatic rings. The van der Waals surface area contributed by atoms with Crippen molar-refractivity contribution < 1.29 is 17.0 Å². The summed E-state index contributed by atoms with van der Waals surface area (Å²) < 4.78 is 0. The van der Waals surface area contributed by atoms with Crippen molar-refractivity contribution in [2.75, 3.05) is 0 Å². The van der Waals surface area contributed by atoms with E-state index < -0.39 is 0 Å². The molecule has 2 heteroatoms. The first-order valence-corrected chi connectivity index (χ1v) is 4.24. The van der Waals surface area contributed by atoms with Crippen LogP contribution in [0.3, 0.4) is 0 Å². The van der Waals surface area contributed by atoms with Crippen molar-refractivity contribution in [3.8, 4) is 0 Å². The van der Waals surface area contributed by atoms with Crippen LogP contribution in [0.5, 0.6) is 0 Å². The molecule has 0 radical (unpaired) electrons. The maximum atomic E-state index is 3.89. The molecule has 0 aliphatic rings. The first-order chi connectivity index (χ1) is 5.33. The molecular weight excluding hydrogens is 236 g/mol. The summed E-state index contributed by atoms with van der Waals surface area (Å²) in [5.41, 5.74) is 2.54. The number of benzene rings is 1. The SMILES string of the molecule is [Br-].[CH2-]c1cccc(CCCC)c1.[Mg+2]. The number of hydrogen-bond acceptors (Lipinski definition) is 0. The third-order valence-corrected chi connectivity index (χ3v) is 1.81. The van der Waals surface area contributed by atoms with Gasteiger partial charge in [-0.3, -0.25) is 0 Å². The minimum atomic E-state index is 0. The minimum Gasteiger partial charge on any atom is -1.00 e. The molecule has 0 heterocycles. The molecule has 0 amide bonds. The molecule has 0 spiro atoms. The topological polar surface area (TPSA) is 0 Å². The van der Waals surface area contributed by atoms with Crippen molar-refractivity contribution in [2.24, 2.45) is 0 Å². The Balaban J connectivity index is 0. The number of halogens is 1. The molecule has 0 saturated carbocycles. The Kier molecular flexibility index (Phi) is 10.8. The summed E-state index contributed by atoms with van der Waals surface area (Å²) in [7, 11) is 0. The average molecular weight is 251 g/mol. The summed E-state index contributed by atoms with van der Waals surface area (Å²) in [6, 6.07) is 8.45. The van der Waals surface area contributed by atoms with Gasteiger partial charge in [0.1, 0.15) is 0 Å². The Labute approximate surface area is 108 Å². The number of hydrogen-bond donors (Lipinski definition) is 0. The van der Waals surface area contributed by atoms with E-state index in [-0.39, 0.29) is 40.0 Å². The van der Waals surface area contributed by atoms with Crippen LogP contribution >= 0.6 is 0 Å². The van der Waals surface area contributed by atoms with Crippen molar-refractivity contribution in [3.05, 3.63) is 42.3 Å². The zero-order valence-electron chi connectivity index (χ0n) is 8.22. The smallest absolute Gasteiger partial charge is 1.00 e. The fourth-order valence-corrected chi connectivity index (χ4v) is 1.17. The number of unbranched alkanes of at least 4 members (excludes halogenated alkanes) is 1. The second-order valence-electron chi connectivity index (χ2n) is 2.92. The van der Waals surface area contributed by atoms with E-state index in [1.807, 2.05) is 6.07 Å². The van der Waals surface area contributed by atoms with E-state index in [1.54, 1.807) is 0 Å². The average Bonchev–Trinajstić information content (AvgIpc) is 2.01. The van der Waals surface area contributed by atoms with E-state index in [9.17, 15) is 0 Å². The first-order valence-electron chi connectivity index (χ1n) is 4.24. The third kappa shape index (κ3) is 6.41. The number of rotatable bonds is 3. The third-order valence-electron chi connectivity index (χ3n) is 1.81. The van der Waals surface area contributed by atoms with Gasteiger partial charge in [-0.25, -0.2) is 0 Å². The Morgan fingerprint density at radius 3 is 2.54 bits per heavy atom. The number of aryl methyl sites for hydroxylation is 1. The van der Waals surface area contributed by atoms with E-state index >= 15 is 0 Å². The van der Waals surface area contributed by atoms with E-state index in [0.717, 1.165) is 5.56 Å². The van der Waals surface area contributed by atoms with Gasteiger partial charge in [0.05, 0.1) is 0 Å². The molecular formula is C11H15BrMg. The summed E-state index contributed by atoms with van der Waals surface area (Å²) in [6.07, 6.45) is 3.74. The van der Waals surface area contributed by atoms with Crippen molar-refractivity contribution in [2.45, 2.75) is 26.2 Å². The first kappa shape index (κ1) is 15.8. The van der Waals surface area contributed by atoms with Gasteiger partial charge in [0, 0.05) is 0 Å². The van der Waals surface area contributed by atoms with Gasteiger partial charge in [0.25, 0.3) is 0 Å². The van der Waals surface area contributed by atoms with Gasteiger partial charge in [0.15, 0.2) is 0 Å². The molecule has 0 bridgehead atoms. The molecule has 13 heavy (non-hydrogen) atoms. The van der Waals surface area contributed by atoms with Crippen molar-refractivity contribution in [1.82, 2.24) is 0 Å². The second-order valence-corrected chi connectivity index (χ2v) is 2.92. The Morgan fingerprint density at radius 1 is 1.31 bits per heavy atom. The van der Waals surface area contributed by atoms with Gasteiger partial charge in [-0.2, -0.15) is 24.6 Å². The Morgan fingerprint density at radius 2 is 2.00 bits per heavy atom. The van der Waals surface area contributed by atoms with Crippen LogP contribution in [0.25, 0.3) is 0 Å². The van der Waals surface area contributed by atoms with Gasteiger partial charge in [0.2, 0.25) is 0 Å². The van der Waals surface area contributed by atoms with E-state index in [2.05, 4.69) is 32.0 Å². The summed E-state index contributed by atoms with van der Waals surface area (Å²) in [4.78, 5) is 0. The molecule has 0 nitrogen and oxygen atoms in total. The molecule has 0 fully saturated rings. The monoisotopic (exact) mass is 250 g/mol. The normalized spacial score (nSPS) is 8.38. The minimum absolute atomic E-state index is 0. The predicted octanol–water partition coefficient (Wildman–Crippen LogP) is -0.165. The van der Waals surface area contributed by atoms with Crippen LogP contribution in [-0.4, -0.2) is 23.1 Å². The largest absolute Gasteiger partial charge is 2.00 e. The van der Waals surface area contributed by atoms with Crippen LogP contribution in [0.2, 0.25) is 0 Å². The Bertz CT molecular complexity index is 223. The quantitative estimate of drug-likeness (QED) is 0.517. The molecule has 0 atom stereocenters. The van der Waals surface area contributed by atoms with Gasteiger partial charge in [-0.1, -0.05) is 25.8 Å². The molecule has 0 unspecified atom stereocenters. The maximum absolute atomic E-state index is 3.89. The van der Waals surface area contributed by atoms with Crippen LogP contribution in [0.4, 0.5) is 0 Å². The summed E-state index contributed by atoms with van der Waals surface area (Å²) in [5, 5.41) is 0. The summed E-state index contributed by atoms with van der Waals surface area (Å²) in [6.45, 7) is 6.11. The molecule has 68 valence electrons. The van der Waals surface area contributed by atoms with Crippen molar-refractivity contribution >= 4 is 23.1 Å². The molecule has 0 aromatic heterocycles.